The van der Waals surface area contributed by atoms with Crippen LogP contribution < -0.4 is 0 Å². The molecule has 0 aliphatic carbocycles. The normalized spacial score (nSPS) is 14.7. The molecule has 1 saturated heterocycles. The standard InChI is InChI=1S/C23H24N6O2S/c30-22(9-8-18-15-24-29(16-18)19-5-2-1-3-6-19)28-12-10-27(11-13-28)17-21-25-23(26-31-21)20-7-4-14-32-20/h1-7,14-16H,8-13,17H2. The topological polar surface area (TPSA) is 80.3 Å². The van der Waals surface area contributed by atoms with E-state index in [0.717, 1.165) is 29.2 Å². The maximum Gasteiger partial charge on any atom is 0.241 e. The second-order valence-electron chi connectivity index (χ2n) is 7.77. The lowest BCUT2D eigenvalue weighted by molar-refractivity contribution is -0.133. The molecule has 9 heteroatoms. The number of amides is 1. The Labute approximate surface area is 190 Å². The molecule has 8 nitrogen and oxygen atoms in total. The molecule has 5 rings (SSSR count). The van der Waals surface area contributed by atoms with Gasteiger partial charge in [0.25, 0.3) is 0 Å². The van der Waals surface area contributed by atoms with Crippen molar-refractivity contribution in [3.63, 3.8) is 0 Å². The van der Waals surface area contributed by atoms with Crippen LogP contribution in [0, 0.1) is 0 Å². The molecule has 3 aromatic heterocycles. The van der Waals surface area contributed by atoms with Gasteiger partial charge in [-0.05, 0) is 35.6 Å². The molecule has 0 spiro atoms. The number of hydrogen-bond acceptors (Lipinski definition) is 7. The van der Waals surface area contributed by atoms with E-state index in [1.54, 1.807) is 11.3 Å². The first-order valence-electron chi connectivity index (χ1n) is 10.7. The molecule has 4 heterocycles. The van der Waals surface area contributed by atoms with Gasteiger partial charge in [0.15, 0.2) is 0 Å². The Kier molecular flexibility index (Phi) is 6.09. The number of piperazine rings is 1. The fraction of sp³-hybridized carbons (Fsp3) is 0.304. The highest BCUT2D eigenvalue weighted by atomic mass is 32.1. The predicted octanol–water partition coefficient (Wildman–Crippen LogP) is 3.26. The van der Waals surface area contributed by atoms with Gasteiger partial charge in [-0.1, -0.05) is 29.4 Å². The average molecular weight is 449 g/mol. The number of aryl methyl sites for hydroxylation is 1. The summed E-state index contributed by atoms with van der Waals surface area (Å²) in [5.41, 5.74) is 2.09. The van der Waals surface area contributed by atoms with E-state index in [0.29, 0.717) is 44.2 Å². The van der Waals surface area contributed by atoms with E-state index >= 15 is 0 Å². The van der Waals surface area contributed by atoms with E-state index < -0.39 is 0 Å². The number of carbonyl (C=O) groups excluding carboxylic acids is 1. The van der Waals surface area contributed by atoms with Crippen molar-refractivity contribution in [1.82, 2.24) is 29.7 Å². The summed E-state index contributed by atoms with van der Waals surface area (Å²) >= 11 is 1.59. The number of benzene rings is 1. The monoisotopic (exact) mass is 448 g/mol. The highest BCUT2D eigenvalue weighted by Crippen LogP contribution is 2.21. The van der Waals surface area contributed by atoms with Gasteiger partial charge in [0.2, 0.25) is 17.6 Å². The molecule has 0 bridgehead atoms. The predicted molar refractivity (Wildman–Crippen MR) is 121 cm³/mol. The highest BCUT2D eigenvalue weighted by molar-refractivity contribution is 7.13. The number of aromatic nitrogens is 4. The van der Waals surface area contributed by atoms with Gasteiger partial charge in [0, 0.05) is 38.8 Å². The summed E-state index contributed by atoms with van der Waals surface area (Å²) in [6, 6.07) is 13.9. The number of para-hydroxylation sites is 1. The lowest BCUT2D eigenvalue weighted by Crippen LogP contribution is -2.48. The first-order chi connectivity index (χ1) is 15.7. The van der Waals surface area contributed by atoms with Gasteiger partial charge in [-0.25, -0.2) is 4.68 Å². The van der Waals surface area contributed by atoms with Gasteiger partial charge in [-0.3, -0.25) is 9.69 Å². The van der Waals surface area contributed by atoms with E-state index in [2.05, 4.69) is 20.1 Å². The zero-order valence-corrected chi connectivity index (χ0v) is 18.4. The SMILES string of the molecule is O=C(CCc1cnn(-c2ccccc2)c1)N1CCN(Cc2nc(-c3cccs3)no2)CC1. The zero-order chi connectivity index (χ0) is 21.8. The van der Waals surface area contributed by atoms with Crippen LogP contribution in [-0.2, 0) is 17.8 Å². The Morgan fingerprint density at radius 3 is 2.69 bits per heavy atom. The number of nitrogens with zero attached hydrogens (tertiary/aromatic N) is 6. The molecule has 1 amide bonds. The van der Waals surface area contributed by atoms with Crippen LogP contribution in [0.5, 0.6) is 0 Å². The molecule has 1 fully saturated rings. The van der Waals surface area contributed by atoms with Crippen molar-refractivity contribution in [2.75, 3.05) is 26.2 Å². The highest BCUT2D eigenvalue weighted by Gasteiger charge is 2.22. The van der Waals surface area contributed by atoms with Crippen LogP contribution >= 0.6 is 11.3 Å². The molecule has 164 valence electrons. The van der Waals surface area contributed by atoms with Crippen molar-refractivity contribution in [2.24, 2.45) is 0 Å². The van der Waals surface area contributed by atoms with E-state index in [1.807, 2.05) is 69.8 Å². The van der Waals surface area contributed by atoms with Crippen LogP contribution in [0.15, 0.2) is 64.8 Å². The van der Waals surface area contributed by atoms with Crippen molar-refractivity contribution >= 4 is 17.2 Å². The van der Waals surface area contributed by atoms with Crippen LogP contribution in [0.4, 0.5) is 0 Å². The Hall–Kier alpha value is -3.30. The third-order valence-electron chi connectivity index (χ3n) is 5.58. The fourth-order valence-electron chi connectivity index (χ4n) is 3.79. The Bertz CT molecular complexity index is 1150. The minimum Gasteiger partial charge on any atom is -0.340 e. The van der Waals surface area contributed by atoms with Crippen molar-refractivity contribution in [1.29, 1.82) is 0 Å². The minimum absolute atomic E-state index is 0.190. The van der Waals surface area contributed by atoms with Gasteiger partial charge in [0.1, 0.15) is 0 Å². The molecule has 32 heavy (non-hydrogen) atoms. The Balaban J connectivity index is 1.08. The molecule has 0 saturated carbocycles. The van der Waals surface area contributed by atoms with E-state index in [9.17, 15) is 4.79 Å². The van der Waals surface area contributed by atoms with E-state index in [1.165, 1.54) is 0 Å². The molecular formula is C23H24N6O2S. The summed E-state index contributed by atoms with van der Waals surface area (Å²) in [6.45, 7) is 3.64. The lowest BCUT2D eigenvalue weighted by Gasteiger charge is -2.34. The fourth-order valence-corrected chi connectivity index (χ4v) is 4.44. The number of rotatable bonds is 7. The van der Waals surface area contributed by atoms with Crippen LogP contribution in [0.3, 0.4) is 0 Å². The molecule has 1 aliphatic heterocycles. The first kappa shape index (κ1) is 20.6. The van der Waals surface area contributed by atoms with Crippen molar-refractivity contribution in [3.8, 4) is 16.4 Å². The van der Waals surface area contributed by atoms with Gasteiger partial charge in [-0.15, -0.1) is 11.3 Å². The molecule has 0 unspecified atom stereocenters. The second-order valence-corrected chi connectivity index (χ2v) is 8.72. The third kappa shape index (κ3) is 4.79. The zero-order valence-electron chi connectivity index (χ0n) is 17.6. The molecule has 1 aromatic carbocycles. The van der Waals surface area contributed by atoms with Crippen LogP contribution in [0.25, 0.3) is 16.4 Å². The van der Waals surface area contributed by atoms with Crippen molar-refractivity contribution in [3.05, 3.63) is 71.7 Å². The van der Waals surface area contributed by atoms with Gasteiger partial charge in [-0.2, -0.15) is 10.1 Å². The molecule has 0 atom stereocenters. The Morgan fingerprint density at radius 1 is 1.06 bits per heavy atom. The van der Waals surface area contributed by atoms with Crippen LogP contribution in [-0.4, -0.2) is 61.8 Å². The first-order valence-corrected chi connectivity index (χ1v) is 11.6. The maximum absolute atomic E-state index is 12.7. The van der Waals surface area contributed by atoms with Gasteiger partial charge >= 0.3 is 0 Å². The molecule has 1 aliphatic rings. The van der Waals surface area contributed by atoms with Crippen molar-refractivity contribution in [2.45, 2.75) is 19.4 Å². The largest absolute Gasteiger partial charge is 0.340 e. The summed E-state index contributed by atoms with van der Waals surface area (Å²) in [5.74, 6) is 1.44. The maximum atomic E-state index is 12.7. The summed E-state index contributed by atoms with van der Waals surface area (Å²) in [4.78, 5) is 22.4. The van der Waals surface area contributed by atoms with Crippen LogP contribution in [0.2, 0.25) is 0 Å². The summed E-state index contributed by atoms with van der Waals surface area (Å²) in [6.07, 6.45) is 5.02. The lowest BCUT2D eigenvalue weighted by atomic mass is 10.1. The number of hydrogen-bond donors (Lipinski definition) is 0. The average Bonchev–Trinajstić information content (AvgIpc) is 3.60. The van der Waals surface area contributed by atoms with Crippen LogP contribution in [0.1, 0.15) is 17.9 Å². The minimum atomic E-state index is 0.190. The molecule has 0 radical (unpaired) electrons. The second kappa shape index (κ2) is 9.46. The quantitative estimate of drug-likeness (QED) is 0.432. The molecular weight excluding hydrogens is 424 g/mol. The van der Waals surface area contributed by atoms with Gasteiger partial charge < -0.3 is 9.42 Å². The summed E-state index contributed by atoms with van der Waals surface area (Å²) in [5, 5.41) is 10.5. The third-order valence-corrected chi connectivity index (χ3v) is 6.44. The number of carbonyl (C=O) groups is 1. The summed E-state index contributed by atoms with van der Waals surface area (Å²) in [7, 11) is 0. The Morgan fingerprint density at radius 2 is 1.91 bits per heavy atom. The van der Waals surface area contributed by atoms with Crippen molar-refractivity contribution < 1.29 is 9.32 Å². The van der Waals surface area contributed by atoms with Gasteiger partial charge in [0.05, 0.1) is 23.3 Å². The molecule has 0 N–H and O–H groups in total. The number of thiophene rings is 1. The summed E-state index contributed by atoms with van der Waals surface area (Å²) < 4.78 is 7.25. The molecule has 4 aromatic rings. The smallest absolute Gasteiger partial charge is 0.241 e. The van der Waals surface area contributed by atoms with E-state index in [4.69, 9.17) is 4.52 Å². The van der Waals surface area contributed by atoms with E-state index in [-0.39, 0.29) is 5.91 Å².